The van der Waals surface area contributed by atoms with Gasteiger partial charge in [0.1, 0.15) is 5.75 Å². The molecule has 1 unspecified atom stereocenters. The third-order valence-corrected chi connectivity index (χ3v) is 2.81. The highest BCUT2D eigenvalue weighted by Crippen LogP contribution is 2.14. The number of hydrogen-bond donors (Lipinski definition) is 0. The van der Waals surface area contributed by atoms with E-state index in [4.69, 9.17) is 14.2 Å². The van der Waals surface area contributed by atoms with Gasteiger partial charge in [-0.05, 0) is 37.1 Å². The normalized spacial score (nSPS) is 11.6. The van der Waals surface area contributed by atoms with Gasteiger partial charge in [0.2, 0.25) is 6.29 Å². The molecule has 1 atom stereocenters. The van der Waals surface area contributed by atoms with E-state index >= 15 is 0 Å². The second-order valence-electron chi connectivity index (χ2n) is 4.59. The molecule has 0 saturated carbocycles. The van der Waals surface area contributed by atoms with Gasteiger partial charge in [-0.3, -0.25) is 4.79 Å². The van der Waals surface area contributed by atoms with Crippen LogP contribution in [0, 0.1) is 0 Å². The molecule has 1 rings (SSSR count). The molecule has 1 aromatic carbocycles. The van der Waals surface area contributed by atoms with Crippen LogP contribution in [-0.4, -0.2) is 25.3 Å². The van der Waals surface area contributed by atoms with E-state index in [0.717, 1.165) is 6.42 Å². The number of hydrogen-bond acceptors (Lipinski definition) is 5. The third-order valence-electron chi connectivity index (χ3n) is 2.81. The van der Waals surface area contributed by atoms with Crippen LogP contribution in [0.1, 0.15) is 49.9 Å². The Kier molecular flexibility index (Phi) is 7.29. The second kappa shape index (κ2) is 9.00. The lowest BCUT2D eigenvalue weighted by Gasteiger charge is -2.17. The molecule has 5 nitrogen and oxygen atoms in total. The predicted molar refractivity (Wildman–Crippen MR) is 78.1 cm³/mol. The number of esters is 2. The van der Waals surface area contributed by atoms with Crippen molar-refractivity contribution >= 4 is 11.9 Å². The van der Waals surface area contributed by atoms with Crippen molar-refractivity contribution in [3.05, 3.63) is 29.8 Å². The standard InChI is InChI=1S/C16H22O5/c1-4-6-14(17)20-15(7-5-2)21-16(18)12-8-10-13(19-3)11-9-12/h8-11,15H,4-7H2,1-3H3. The van der Waals surface area contributed by atoms with E-state index in [9.17, 15) is 9.59 Å². The molecule has 0 amide bonds. The Balaban J connectivity index is 2.63. The maximum absolute atomic E-state index is 12.0. The van der Waals surface area contributed by atoms with Crippen LogP contribution >= 0.6 is 0 Å². The molecule has 0 aliphatic heterocycles. The number of methoxy groups -OCH3 is 1. The first-order valence-electron chi connectivity index (χ1n) is 7.15. The van der Waals surface area contributed by atoms with Crippen molar-refractivity contribution in [3.8, 4) is 5.75 Å². The topological polar surface area (TPSA) is 61.8 Å². The first-order chi connectivity index (χ1) is 10.1. The van der Waals surface area contributed by atoms with Gasteiger partial charge in [-0.1, -0.05) is 13.8 Å². The summed E-state index contributed by atoms with van der Waals surface area (Å²) in [6, 6.07) is 6.57. The molecule has 0 aliphatic carbocycles. The fourth-order valence-electron chi connectivity index (χ4n) is 1.70. The monoisotopic (exact) mass is 294 g/mol. The third kappa shape index (κ3) is 5.85. The predicted octanol–water partition coefficient (Wildman–Crippen LogP) is 3.32. The van der Waals surface area contributed by atoms with Gasteiger partial charge in [0.15, 0.2) is 0 Å². The summed E-state index contributed by atoms with van der Waals surface area (Å²) in [7, 11) is 1.55. The fraction of sp³-hybridized carbons (Fsp3) is 0.500. The van der Waals surface area contributed by atoms with E-state index in [-0.39, 0.29) is 5.97 Å². The van der Waals surface area contributed by atoms with Gasteiger partial charge < -0.3 is 14.2 Å². The van der Waals surface area contributed by atoms with Crippen molar-refractivity contribution in [2.45, 2.75) is 45.8 Å². The quantitative estimate of drug-likeness (QED) is 0.543. The highest BCUT2D eigenvalue weighted by atomic mass is 16.7. The Morgan fingerprint density at radius 1 is 1.05 bits per heavy atom. The number of benzene rings is 1. The Bertz CT molecular complexity index is 452. The summed E-state index contributed by atoms with van der Waals surface area (Å²) in [5.41, 5.74) is 0.392. The van der Waals surface area contributed by atoms with Crippen molar-refractivity contribution in [2.75, 3.05) is 7.11 Å². The average molecular weight is 294 g/mol. The molecule has 0 fully saturated rings. The number of rotatable bonds is 8. The van der Waals surface area contributed by atoms with Gasteiger partial charge >= 0.3 is 11.9 Å². The molecule has 21 heavy (non-hydrogen) atoms. The fourth-order valence-corrected chi connectivity index (χ4v) is 1.70. The van der Waals surface area contributed by atoms with Crippen LogP contribution in [-0.2, 0) is 14.3 Å². The molecule has 0 aromatic heterocycles. The molecule has 0 spiro atoms. The highest BCUT2D eigenvalue weighted by Gasteiger charge is 2.19. The van der Waals surface area contributed by atoms with E-state index in [0.29, 0.717) is 30.6 Å². The van der Waals surface area contributed by atoms with Gasteiger partial charge in [-0.2, -0.15) is 0 Å². The van der Waals surface area contributed by atoms with Crippen molar-refractivity contribution < 1.29 is 23.8 Å². The molecular formula is C16H22O5. The molecule has 0 bridgehead atoms. The smallest absolute Gasteiger partial charge is 0.341 e. The molecule has 5 heteroatoms. The average Bonchev–Trinajstić information content (AvgIpc) is 2.47. The zero-order valence-electron chi connectivity index (χ0n) is 12.8. The first-order valence-corrected chi connectivity index (χ1v) is 7.15. The van der Waals surface area contributed by atoms with Crippen LogP contribution < -0.4 is 4.74 Å². The summed E-state index contributed by atoms with van der Waals surface area (Å²) < 4.78 is 15.4. The largest absolute Gasteiger partial charge is 0.497 e. The Morgan fingerprint density at radius 3 is 2.24 bits per heavy atom. The summed E-state index contributed by atoms with van der Waals surface area (Å²) in [5, 5.41) is 0. The van der Waals surface area contributed by atoms with E-state index in [1.807, 2.05) is 13.8 Å². The molecule has 0 radical (unpaired) electrons. The molecule has 0 N–H and O–H groups in total. The maximum Gasteiger partial charge on any atom is 0.341 e. The van der Waals surface area contributed by atoms with Gasteiger partial charge in [-0.25, -0.2) is 4.79 Å². The van der Waals surface area contributed by atoms with Gasteiger partial charge in [0, 0.05) is 12.8 Å². The summed E-state index contributed by atoms with van der Waals surface area (Å²) in [6.45, 7) is 3.82. The van der Waals surface area contributed by atoms with E-state index in [1.54, 1.807) is 31.4 Å². The minimum absolute atomic E-state index is 0.320. The molecule has 1 aromatic rings. The first kappa shape index (κ1) is 17.0. The van der Waals surface area contributed by atoms with Crippen LogP contribution in [0.3, 0.4) is 0 Å². The maximum atomic E-state index is 12.0. The van der Waals surface area contributed by atoms with Crippen LogP contribution in [0.15, 0.2) is 24.3 Å². The molecule has 0 heterocycles. The van der Waals surface area contributed by atoms with Crippen molar-refractivity contribution in [3.63, 3.8) is 0 Å². The minimum Gasteiger partial charge on any atom is -0.497 e. The Labute approximate surface area is 125 Å². The lowest BCUT2D eigenvalue weighted by Crippen LogP contribution is -2.24. The zero-order chi connectivity index (χ0) is 15.7. The number of carbonyl (C=O) groups excluding carboxylic acids is 2. The summed E-state index contributed by atoms with van der Waals surface area (Å²) >= 11 is 0. The van der Waals surface area contributed by atoms with Crippen LogP contribution in [0.4, 0.5) is 0 Å². The number of carbonyl (C=O) groups is 2. The van der Waals surface area contributed by atoms with Crippen LogP contribution in [0.25, 0.3) is 0 Å². The lowest BCUT2D eigenvalue weighted by atomic mass is 10.2. The lowest BCUT2D eigenvalue weighted by molar-refractivity contribution is -0.169. The van der Waals surface area contributed by atoms with Gasteiger partial charge in [0.05, 0.1) is 12.7 Å². The molecule has 0 aliphatic rings. The minimum atomic E-state index is -0.830. The second-order valence-corrected chi connectivity index (χ2v) is 4.59. The zero-order valence-corrected chi connectivity index (χ0v) is 12.8. The SMILES string of the molecule is CCCC(=O)OC(CCC)OC(=O)c1ccc(OC)cc1. The van der Waals surface area contributed by atoms with Crippen molar-refractivity contribution in [1.29, 1.82) is 0 Å². The van der Waals surface area contributed by atoms with Gasteiger partial charge in [0.25, 0.3) is 0 Å². The summed E-state index contributed by atoms with van der Waals surface area (Å²) in [5.74, 6) is -0.204. The van der Waals surface area contributed by atoms with Crippen LogP contribution in [0.5, 0.6) is 5.75 Å². The molecular weight excluding hydrogens is 272 g/mol. The van der Waals surface area contributed by atoms with E-state index < -0.39 is 12.3 Å². The van der Waals surface area contributed by atoms with Crippen LogP contribution in [0.2, 0.25) is 0 Å². The Morgan fingerprint density at radius 2 is 1.71 bits per heavy atom. The Hall–Kier alpha value is -2.04. The van der Waals surface area contributed by atoms with Crippen molar-refractivity contribution in [2.24, 2.45) is 0 Å². The van der Waals surface area contributed by atoms with Crippen molar-refractivity contribution in [1.82, 2.24) is 0 Å². The summed E-state index contributed by atoms with van der Waals surface area (Å²) in [4.78, 5) is 23.5. The van der Waals surface area contributed by atoms with Gasteiger partial charge in [-0.15, -0.1) is 0 Å². The van der Waals surface area contributed by atoms with E-state index in [1.165, 1.54) is 0 Å². The number of ether oxygens (including phenoxy) is 3. The molecule has 0 saturated heterocycles. The highest BCUT2D eigenvalue weighted by molar-refractivity contribution is 5.89. The molecule has 116 valence electrons. The summed E-state index contributed by atoms with van der Waals surface area (Å²) in [6.07, 6.45) is 1.42. The van der Waals surface area contributed by atoms with E-state index in [2.05, 4.69) is 0 Å².